The summed E-state index contributed by atoms with van der Waals surface area (Å²) in [5.74, 6) is 0.678. The van der Waals surface area contributed by atoms with Crippen molar-refractivity contribution in [2.24, 2.45) is 0 Å². The van der Waals surface area contributed by atoms with E-state index in [1.165, 1.54) is 6.92 Å². The second kappa shape index (κ2) is 3.16. The van der Waals surface area contributed by atoms with Crippen molar-refractivity contribution in [3.05, 3.63) is 22.2 Å². The fourth-order valence-corrected chi connectivity index (χ4v) is 2.06. The summed E-state index contributed by atoms with van der Waals surface area (Å²) in [5.41, 5.74) is 1.30. The summed E-state index contributed by atoms with van der Waals surface area (Å²) < 4.78 is 0.667. The van der Waals surface area contributed by atoms with Crippen LogP contribution in [0.1, 0.15) is 23.1 Å². The molecule has 0 amide bonds. The molecule has 0 radical (unpaired) electrons. The highest BCUT2D eigenvalue weighted by Gasteiger charge is 2.14. The van der Waals surface area contributed by atoms with Crippen molar-refractivity contribution in [2.75, 3.05) is 0 Å². The Balaban J connectivity index is 2.84. The van der Waals surface area contributed by atoms with Gasteiger partial charge >= 0.3 is 0 Å². The Morgan fingerprint density at radius 1 is 1.57 bits per heavy atom. The zero-order valence-electron chi connectivity index (χ0n) is 7.76. The van der Waals surface area contributed by atoms with Gasteiger partial charge in [0.05, 0.1) is 10.2 Å². The van der Waals surface area contributed by atoms with Crippen molar-refractivity contribution < 1.29 is 4.79 Å². The molecule has 0 aliphatic heterocycles. The third kappa shape index (κ3) is 1.33. The average molecular weight is 254 g/mol. The number of hydrogen-bond donors (Lipinski definition) is 1. The normalized spacial score (nSPS) is 10.8. The highest BCUT2D eigenvalue weighted by Crippen LogP contribution is 2.24. The molecule has 0 aromatic carbocycles. The number of aromatic nitrogens is 3. The van der Waals surface area contributed by atoms with Crippen LogP contribution in [0.25, 0.3) is 11.0 Å². The molecule has 2 rings (SSSR count). The van der Waals surface area contributed by atoms with Gasteiger partial charge in [-0.3, -0.25) is 4.79 Å². The summed E-state index contributed by atoms with van der Waals surface area (Å²) in [6.07, 6.45) is 1.66. The van der Waals surface area contributed by atoms with E-state index in [9.17, 15) is 4.79 Å². The minimum absolute atomic E-state index is 0.00409. The fourth-order valence-electron chi connectivity index (χ4n) is 1.38. The molecule has 2 aromatic heterocycles. The number of rotatable bonds is 1. The minimum atomic E-state index is -0.00409. The lowest BCUT2D eigenvalue weighted by Crippen LogP contribution is -1.92. The lowest BCUT2D eigenvalue weighted by Gasteiger charge is -1.93. The summed E-state index contributed by atoms with van der Waals surface area (Å²) in [5, 5.41) is 0.759. The van der Waals surface area contributed by atoms with E-state index in [1.807, 2.05) is 6.92 Å². The van der Waals surface area contributed by atoms with Crippen molar-refractivity contribution >= 4 is 32.7 Å². The first-order valence-corrected chi connectivity index (χ1v) is 4.90. The quantitative estimate of drug-likeness (QED) is 0.794. The van der Waals surface area contributed by atoms with Gasteiger partial charge in [-0.05, 0) is 29.8 Å². The zero-order chi connectivity index (χ0) is 10.3. The predicted molar refractivity (Wildman–Crippen MR) is 56.3 cm³/mol. The van der Waals surface area contributed by atoms with Crippen LogP contribution in [0.4, 0.5) is 0 Å². The number of H-pyrrole nitrogens is 1. The van der Waals surface area contributed by atoms with Crippen LogP contribution in [-0.4, -0.2) is 20.7 Å². The lowest BCUT2D eigenvalue weighted by molar-refractivity contribution is 0.101. The van der Waals surface area contributed by atoms with Crippen LogP contribution in [-0.2, 0) is 0 Å². The first-order valence-electron chi connectivity index (χ1n) is 4.11. The summed E-state index contributed by atoms with van der Waals surface area (Å²) >= 11 is 3.29. The number of nitrogens with zero attached hydrogens (tertiary/aromatic N) is 2. The Morgan fingerprint density at radius 3 is 2.93 bits per heavy atom. The fraction of sp³-hybridized carbons (Fsp3) is 0.222. The van der Waals surface area contributed by atoms with Crippen LogP contribution in [0.5, 0.6) is 0 Å². The average Bonchev–Trinajstić information content (AvgIpc) is 2.39. The number of carbonyl (C=O) groups excluding carboxylic acids is 1. The van der Waals surface area contributed by atoms with Crippen LogP contribution >= 0.6 is 15.9 Å². The molecule has 0 atom stereocenters. The Bertz CT molecular complexity index is 518. The van der Waals surface area contributed by atoms with Crippen LogP contribution in [0.2, 0.25) is 0 Å². The summed E-state index contributed by atoms with van der Waals surface area (Å²) in [4.78, 5) is 22.6. The number of aryl methyl sites for hydroxylation is 1. The first-order chi connectivity index (χ1) is 6.59. The molecule has 14 heavy (non-hydrogen) atoms. The Kier molecular flexibility index (Phi) is 2.11. The van der Waals surface area contributed by atoms with Gasteiger partial charge in [0.2, 0.25) is 0 Å². The van der Waals surface area contributed by atoms with Gasteiger partial charge in [-0.25, -0.2) is 9.97 Å². The number of nitrogens with one attached hydrogen (secondary N) is 1. The summed E-state index contributed by atoms with van der Waals surface area (Å²) in [6.45, 7) is 3.33. The van der Waals surface area contributed by atoms with Crippen LogP contribution in [0.15, 0.2) is 10.8 Å². The van der Waals surface area contributed by atoms with Crippen LogP contribution in [0, 0.1) is 6.92 Å². The van der Waals surface area contributed by atoms with E-state index >= 15 is 0 Å². The molecule has 0 aliphatic rings. The second-order valence-electron chi connectivity index (χ2n) is 3.05. The van der Waals surface area contributed by atoms with Crippen LogP contribution in [0.3, 0.4) is 0 Å². The maximum Gasteiger partial charge on any atom is 0.163 e. The van der Waals surface area contributed by atoms with Crippen molar-refractivity contribution in [3.8, 4) is 0 Å². The molecule has 5 heteroatoms. The molecular formula is C9H8BrN3O. The molecule has 0 saturated carbocycles. The highest BCUT2D eigenvalue weighted by atomic mass is 79.9. The van der Waals surface area contributed by atoms with Crippen molar-refractivity contribution in [1.82, 2.24) is 15.0 Å². The standard InChI is InChI=1S/C9H8BrN3O/c1-4(14)7-6-3-11-5(2)12-9(6)13-8(7)10/h3H,1-2H3,(H,11,12,13). The lowest BCUT2D eigenvalue weighted by atomic mass is 10.2. The molecule has 2 aromatic rings. The SMILES string of the molecule is CC(=O)c1c(Br)[nH]c2nc(C)ncc12. The number of fused-ring (bicyclic) bond motifs is 1. The Labute approximate surface area is 88.9 Å². The van der Waals surface area contributed by atoms with Gasteiger partial charge in [-0.1, -0.05) is 0 Å². The van der Waals surface area contributed by atoms with Gasteiger partial charge in [0, 0.05) is 11.6 Å². The zero-order valence-corrected chi connectivity index (χ0v) is 9.34. The molecule has 4 nitrogen and oxygen atoms in total. The largest absolute Gasteiger partial charge is 0.333 e. The molecule has 0 unspecified atom stereocenters. The van der Waals surface area contributed by atoms with Crippen molar-refractivity contribution in [2.45, 2.75) is 13.8 Å². The molecule has 0 fully saturated rings. The molecule has 0 aliphatic carbocycles. The first kappa shape index (κ1) is 9.33. The van der Waals surface area contributed by atoms with E-state index < -0.39 is 0 Å². The minimum Gasteiger partial charge on any atom is -0.333 e. The Hall–Kier alpha value is -1.23. The maximum absolute atomic E-state index is 11.3. The van der Waals surface area contributed by atoms with E-state index in [0.717, 1.165) is 5.39 Å². The summed E-state index contributed by atoms with van der Waals surface area (Å²) in [7, 11) is 0. The van der Waals surface area contributed by atoms with E-state index in [2.05, 4.69) is 30.9 Å². The van der Waals surface area contributed by atoms with Gasteiger partial charge in [0.1, 0.15) is 11.5 Å². The van der Waals surface area contributed by atoms with Crippen molar-refractivity contribution in [1.29, 1.82) is 0 Å². The number of aromatic amines is 1. The van der Waals surface area contributed by atoms with Gasteiger partial charge in [-0.2, -0.15) is 0 Å². The van der Waals surface area contributed by atoms with E-state index in [4.69, 9.17) is 0 Å². The Morgan fingerprint density at radius 2 is 2.29 bits per heavy atom. The molecule has 0 bridgehead atoms. The molecule has 72 valence electrons. The van der Waals surface area contributed by atoms with E-state index in [-0.39, 0.29) is 5.78 Å². The number of carbonyl (C=O) groups is 1. The van der Waals surface area contributed by atoms with Crippen molar-refractivity contribution in [3.63, 3.8) is 0 Å². The summed E-state index contributed by atoms with van der Waals surface area (Å²) in [6, 6.07) is 0. The molecule has 0 saturated heterocycles. The van der Waals surface area contributed by atoms with Gasteiger partial charge in [0.15, 0.2) is 5.78 Å². The van der Waals surface area contributed by atoms with Gasteiger partial charge in [-0.15, -0.1) is 0 Å². The number of Topliss-reactive ketones (excluding diaryl/α,β-unsaturated/α-hetero) is 1. The molecule has 1 N–H and O–H groups in total. The monoisotopic (exact) mass is 253 g/mol. The van der Waals surface area contributed by atoms with E-state index in [0.29, 0.717) is 21.6 Å². The third-order valence-corrected chi connectivity index (χ3v) is 2.57. The van der Waals surface area contributed by atoms with E-state index in [1.54, 1.807) is 6.20 Å². The third-order valence-electron chi connectivity index (χ3n) is 1.98. The second-order valence-corrected chi connectivity index (χ2v) is 3.84. The highest BCUT2D eigenvalue weighted by molar-refractivity contribution is 9.10. The van der Waals surface area contributed by atoms with Gasteiger partial charge < -0.3 is 4.98 Å². The predicted octanol–water partition coefficient (Wildman–Crippen LogP) is 2.23. The molecule has 2 heterocycles. The topological polar surface area (TPSA) is 58.6 Å². The number of ketones is 1. The van der Waals surface area contributed by atoms with Crippen LogP contribution < -0.4 is 0 Å². The van der Waals surface area contributed by atoms with Gasteiger partial charge in [0.25, 0.3) is 0 Å². The smallest absolute Gasteiger partial charge is 0.163 e. The molecular weight excluding hydrogens is 246 g/mol. The molecule has 0 spiro atoms. The number of hydrogen-bond acceptors (Lipinski definition) is 3. The maximum atomic E-state index is 11.3. The number of halogens is 1.